The van der Waals surface area contributed by atoms with Gasteiger partial charge in [-0.15, -0.1) is 0 Å². The second-order valence-electron chi connectivity index (χ2n) is 9.87. The Morgan fingerprint density at radius 2 is 1.62 bits per heavy atom. The van der Waals surface area contributed by atoms with Gasteiger partial charge in [0.2, 0.25) is 5.95 Å². The van der Waals surface area contributed by atoms with Gasteiger partial charge in [-0.3, -0.25) is 9.55 Å². The molecule has 0 saturated carbocycles. The smallest absolute Gasteiger partial charge is 0.225 e. The van der Waals surface area contributed by atoms with Crippen molar-refractivity contribution < 1.29 is 4.74 Å². The Morgan fingerprint density at radius 1 is 0.892 bits per heavy atom. The number of ether oxygens (including phenoxy) is 1. The van der Waals surface area contributed by atoms with Crippen LogP contribution >= 0.6 is 0 Å². The number of aryl methyl sites for hydroxylation is 1. The van der Waals surface area contributed by atoms with E-state index in [0.717, 1.165) is 69.2 Å². The molecule has 8 heteroatoms. The number of anilines is 1. The molecule has 6 rings (SSSR count). The van der Waals surface area contributed by atoms with Crippen LogP contribution in [-0.4, -0.2) is 50.8 Å². The van der Waals surface area contributed by atoms with Crippen molar-refractivity contribution in [3.05, 3.63) is 72.4 Å². The summed E-state index contributed by atoms with van der Waals surface area (Å²) in [6.45, 7) is 8.86. The van der Waals surface area contributed by atoms with Gasteiger partial charge < -0.3 is 9.64 Å². The average Bonchev–Trinajstić information content (AvgIpc) is 3.29. The molecule has 1 fully saturated rings. The number of aromatic nitrogens is 5. The highest BCUT2D eigenvalue weighted by Gasteiger charge is 2.20. The summed E-state index contributed by atoms with van der Waals surface area (Å²) in [5.74, 6) is 1.61. The van der Waals surface area contributed by atoms with Crippen molar-refractivity contribution in [2.45, 2.75) is 26.2 Å². The average molecular weight is 490 g/mol. The van der Waals surface area contributed by atoms with Crippen LogP contribution in [0.25, 0.3) is 38.8 Å². The van der Waals surface area contributed by atoms with Gasteiger partial charge in [0.1, 0.15) is 11.3 Å². The third-order valence-corrected chi connectivity index (χ3v) is 7.04. The van der Waals surface area contributed by atoms with Gasteiger partial charge in [0.05, 0.1) is 41.9 Å². The van der Waals surface area contributed by atoms with Gasteiger partial charge in [0.15, 0.2) is 0 Å². The minimum absolute atomic E-state index is 0.546. The summed E-state index contributed by atoms with van der Waals surface area (Å²) >= 11 is 0. The molecule has 0 radical (unpaired) electrons. The Bertz CT molecular complexity index is 1640. The molecular weight excluding hydrogens is 462 g/mol. The number of hydrogen-bond acceptors (Lipinski definition) is 7. The number of rotatable bonds is 4. The summed E-state index contributed by atoms with van der Waals surface area (Å²) in [5, 5.41) is 10.5. The Morgan fingerprint density at radius 3 is 2.32 bits per heavy atom. The van der Waals surface area contributed by atoms with Crippen LogP contribution in [0.1, 0.15) is 25.2 Å². The van der Waals surface area contributed by atoms with Crippen LogP contribution < -0.4 is 4.90 Å². The van der Waals surface area contributed by atoms with Gasteiger partial charge in [-0.2, -0.15) is 5.26 Å². The SMILES string of the molecule is Cc1nc2cnc3ccc(-c4cnc(N5CCOCC5)nc4)cc3c2n1-c1ccc(C(C)(C)C#N)cc1. The maximum atomic E-state index is 9.52. The second-order valence-corrected chi connectivity index (χ2v) is 9.87. The molecule has 1 aliphatic rings. The standard InChI is InChI=1S/C29H27N7O/c1-19-34-26-17-31-25-9-4-20(21-15-32-28(33-16-21)35-10-12-37-13-11-35)14-24(25)27(26)36(19)23-7-5-22(6-8-23)29(2,3)18-30/h4-9,14-17H,10-13H2,1-3H3. The number of nitrogens with zero attached hydrogens (tertiary/aromatic N) is 7. The molecule has 1 saturated heterocycles. The van der Waals surface area contributed by atoms with E-state index in [9.17, 15) is 5.26 Å². The van der Waals surface area contributed by atoms with Crippen molar-refractivity contribution in [1.29, 1.82) is 5.26 Å². The topological polar surface area (TPSA) is 92.8 Å². The predicted molar refractivity (Wildman–Crippen MR) is 144 cm³/mol. The first-order valence-electron chi connectivity index (χ1n) is 12.4. The lowest BCUT2D eigenvalue weighted by Crippen LogP contribution is -2.37. The molecule has 184 valence electrons. The normalized spacial score (nSPS) is 14.3. The van der Waals surface area contributed by atoms with E-state index >= 15 is 0 Å². The molecule has 0 N–H and O–H groups in total. The zero-order chi connectivity index (χ0) is 25.6. The monoisotopic (exact) mass is 489 g/mol. The minimum Gasteiger partial charge on any atom is -0.378 e. The molecule has 5 aromatic rings. The quantitative estimate of drug-likeness (QED) is 0.352. The van der Waals surface area contributed by atoms with Crippen LogP contribution in [0.3, 0.4) is 0 Å². The van der Waals surface area contributed by atoms with Gasteiger partial charge in [-0.25, -0.2) is 15.0 Å². The Hall–Kier alpha value is -4.35. The van der Waals surface area contributed by atoms with E-state index in [2.05, 4.69) is 54.8 Å². The number of imidazole rings is 1. The minimum atomic E-state index is -0.546. The Balaban J connectivity index is 1.44. The fourth-order valence-electron chi connectivity index (χ4n) is 4.86. The summed E-state index contributed by atoms with van der Waals surface area (Å²) in [5.41, 5.74) is 6.13. The van der Waals surface area contributed by atoms with Crippen LogP contribution in [0.2, 0.25) is 0 Å². The fourth-order valence-corrected chi connectivity index (χ4v) is 4.86. The summed E-state index contributed by atoms with van der Waals surface area (Å²) < 4.78 is 7.59. The number of hydrogen-bond donors (Lipinski definition) is 0. The van der Waals surface area contributed by atoms with Crippen LogP contribution in [0, 0.1) is 18.3 Å². The van der Waals surface area contributed by atoms with Crippen LogP contribution in [0.15, 0.2) is 61.1 Å². The third kappa shape index (κ3) is 4.07. The van der Waals surface area contributed by atoms with Gasteiger partial charge in [0.25, 0.3) is 0 Å². The van der Waals surface area contributed by atoms with Gasteiger partial charge >= 0.3 is 0 Å². The lowest BCUT2D eigenvalue weighted by Gasteiger charge is -2.26. The number of benzene rings is 2. The van der Waals surface area contributed by atoms with E-state index in [1.807, 2.05) is 57.6 Å². The van der Waals surface area contributed by atoms with Gasteiger partial charge in [-0.1, -0.05) is 18.2 Å². The first-order valence-corrected chi connectivity index (χ1v) is 12.4. The van der Waals surface area contributed by atoms with E-state index in [1.54, 1.807) is 0 Å². The number of fused-ring (bicyclic) bond motifs is 3. The van der Waals surface area contributed by atoms with Crippen molar-refractivity contribution in [2.24, 2.45) is 0 Å². The maximum Gasteiger partial charge on any atom is 0.225 e. The summed E-state index contributed by atoms with van der Waals surface area (Å²) in [6.07, 6.45) is 5.59. The van der Waals surface area contributed by atoms with Gasteiger partial charge in [0, 0.05) is 42.1 Å². The third-order valence-electron chi connectivity index (χ3n) is 7.04. The molecule has 3 aromatic heterocycles. The summed E-state index contributed by atoms with van der Waals surface area (Å²) in [7, 11) is 0. The highest BCUT2D eigenvalue weighted by Crippen LogP contribution is 2.32. The lowest BCUT2D eigenvalue weighted by atomic mass is 9.86. The molecule has 4 heterocycles. The molecule has 0 unspecified atom stereocenters. The van der Waals surface area contributed by atoms with Crippen molar-refractivity contribution in [1.82, 2.24) is 24.5 Å². The largest absolute Gasteiger partial charge is 0.378 e. The lowest BCUT2D eigenvalue weighted by molar-refractivity contribution is 0.122. The molecule has 0 amide bonds. The number of nitriles is 1. The van der Waals surface area contributed by atoms with E-state index in [-0.39, 0.29) is 0 Å². The molecule has 37 heavy (non-hydrogen) atoms. The second kappa shape index (κ2) is 8.95. The molecule has 0 atom stereocenters. The van der Waals surface area contributed by atoms with E-state index in [4.69, 9.17) is 9.72 Å². The van der Waals surface area contributed by atoms with Crippen LogP contribution in [0.4, 0.5) is 5.95 Å². The van der Waals surface area contributed by atoms with Gasteiger partial charge in [-0.05, 0) is 56.2 Å². The van der Waals surface area contributed by atoms with Crippen molar-refractivity contribution in [2.75, 3.05) is 31.2 Å². The molecular formula is C29H27N7O. The van der Waals surface area contributed by atoms with E-state index < -0.39 is 5.41 Å². The molecule has 0 bridgehead atoms. The highest BCUT2D eigenvalue weighted by atomic mass is 16.5. The first kappa shape index (κ1) is 23.1. The number of morpholine rings is 1. The fraction of sp³-hybridized carbons (Fsp3) is 0.276. The summed E-state index contributed by atoms with van der Waals surface area (Å²) in [6, 6.07) is 16.8. The van der Waals surface area contributed by atoms with Crippen molar-refractivity contribution >= 4 is 27.9 Å². The molecule has 2 aromatic carbocycles. The zero-order valence-electron chi connectivity index (χ0n) is 21.1. The van der Waals surface area contributed by atoms with Crippen LogP contribution in [0.5, 0.6) is 0 Å². The predicted octanol–water partition coefficient (Wildman–Crippen LogP) is 4.98. The maximum absolute atomic E-state index is 9.52. The highest BCUT2D eigenvalue weighted by molar-refractivity contribution is 6.04. The zero-order valence-corrected chi connectivity index (χ0v) is 21.1. The Labute approximate surface area is 215 Å². The van der Waals surface area contributed by atoms with E-state index in [0.29, 0.717) is 13.2 Å². The molecule has 0 aliphatic carbocycles. The molecule has 1 aliphatic heterocycles. The first-order chi connectivity index (χ1) is 17.9. The van der Waals surface area contributed by atoms with Crippen molar-refractivity contribution in [3.63, 3.8) is 0 Å². The van der Waals surface area contributed by atoms with E-state index in [1.165, 1.54) is 0 Å². The Kier molecular flexibility index (Phi) is 5.58. The molecule has 8 nitrogen and oxygen atoms in total. The van der Waals surface area contributed by atoms with Crippen LogP contribution in [-0.2, 0) is 10.2 Å². The number of pyridine rings is 1. The molecule has 0 spiro atoms. The summed E-state index contributed by atoms with van der Waals surface area (Å²) in [4.78, 5) is 20.9. The van der Waals surface area contributed by atoms with Crippen molar-refractivity contribution in [3.8, 4) is 22.9 Å².